The predicted octanol–water partition coefficient (Wildman–Crippen LogP) is 0.416. The number of amides is 2. The van der Waals surface area contributed by atoms with E-state index in [4.69, 9.17) is 5.11 Å². The van der Waals surface area contributed by atoms with Crippen molar-refractivity contribution in [2.45, 2.75) is 19.4 Å². The Morgan fingerprint density at radius 2 is 2.33 bits per heavy atom. The van der Waals surface area contributed by atoms with Gasteiger partial charge in [-0.15, -0.1) is 0 Å². The molecule has 3 N–H and O–H groups in total. The fourth-order valence-corrected chi connectivity index (χ4v) is 1.71. The van der Waals surface area contributed by atoms with E-state index in [-0.39, 0.29) is 12.6 Å². The minimum atomic E-state index is -0.833. The van der Waals surface area contributed by atoms with E-state index in [2.05, 4.69) is 15.5 Å². The second-order valence-electron chi connectivity index (χ2n) is 4.71. The van der Waals surface area contributed by atoms with E-state index in [0.717, 1.165) is 5.56 Å². The van der Waals surface area contributed by atoms with Crippen LogP contribution in [0.4, 0.5) is 4.79 Å². The Labute approximate surface area is 104 Å². The smallest absolute Gasteiger partial charge is 0.317 e. The lowest BCUT2D eigenvalue weighted by molar-refractivity contribution is -0.143. The molecule has 2 rings (SSSR count). The van der Waals surface area contributed by atoms with Gasteiger partial charge < -0.3 is 15.3 Å². The van der Waals surface area contributed by atoms with E-state index in [1.807, 2.05) is 0 Å². The summed E-state index contributed by atoms with van der Waals surface area (Å²) in [6, 6.07) is -0.274. The molecule has 0 saturated heterocycles. The van der Waals surface area contributed by atoms with Crippen molar-refractivity contribution in [1.82, 2.24) is 20.4 Å². The molecule has 18 heavy (non-hydrogen) atoms. The Morgan fingerprint density at radius 3 is 2.83 bits per heavy atom. The Hall–Kier alpha value is -2.05. The lowest BCUT2D eigenvalue weighted by Crippen LogP contribution is -2.41. The van der Waals surface area contributed by atoms with Crippen LogP contribution >= 0.6 is 0 Å². The molecule has 7 nitrogen and oxygen atoms in total. The quantitative estimate of drug-likeness (QED) is 0.707. The van der Waals surface area contributed by atoms with Gasteiger partial charge in [-0.25, -0.2) is 4.79 Å². The zero-order chi connectivity index (χ0) is 13.2. The van der Waals surface area contributed by atoms with Crippen LogP contribution < -0.4 is 5.32 Å². The Morgan fingerprint density at radius 1 is 1.61 bits per heavy atom. The highest BCUT2D eigenvalue weighted by atomic mass is 16.4. The van der Waals surface area contributed by atoms with Crippen molar-refractivity contribution < 1.29 is 14.7 Å². The molecule has 0 atom stereocenters. The summed E-state index contributed by atoms with van der Waals surface area (Å²) in [4.78, 5) is 24.2. The summed E-state index contributed by atoms with van der Waals surface area (Å²) in [5.74, 6) is -0.833. The number of aliphatic carboxylic acids is 1. The summed E-state index contributed by atoms with van der Waals surface area (Å²) < 4.78 is 0. The fourth-order valence-electron chi connectivity index (χ4n) is 1.71. The molecule has 1 aromatic heterocycles. The average molecular weight is 252 g/mol. The van der Waals surface area contributed by atoms with Crippen LogP contribution in [0.5, 0.6) is 0 Å². The number of rotatable bonds is 5. The number of carbonyl (C=O) groups excluding carboxylic acids is 1. The molecule has 1 aliphatic rings. The molecular formula is C11H16N4O3. The van der Waals surface area contributed by atoms with Gasteiger partial charge in [-0.05, 0) is 12.8 Å². The number of nitrogens with one attached hydrogen (secondary N) is 2. The minimum absolute atomic E-state index is 0.191. The molecular weight excluding hydrogens is 236 g/mol. The van der Waals surface area contributed by atoms with E-state index >= 15 is 0 Å². The van der Waals surface area contributed by atoms with Gasteiger partial charge in [0.1, 0.15) is 0 Å². The number of nitrogens with zero attached hydrogens (tertiary/aromatic N) is 2. The van der Waals surface area contributed by atoms with Crippen LogP contribution in [-0.2, 0) is 11.3 Å². The van der Waals surface area contributed by atoms with E-state index in [1.165, 1.54) is 4.90 Å². The summed E-state index contributed by atoms with van der Waals surface area (Å²) in [7, 11) is 1.66. The molecule has 1 aromatic rings. The van der Waals surface area contributed by atoms with Gasteiger partial charge in [0, 0.05) is 25.4 Å². The first kappa shape index (κ1) is 12.4. The summed E-state index contributed by atoms with van der Waals surface area (Å²) in [6.45, 7) is 0.624. The van der Waals surface area contributed by atoms with Crippen LogP contribution in [0.3, 0.4) is 0 Å². The highest BCUT2D eigenvalue weighted by Gasteiger charge is 2.50. The Balaban J connectivity index is 1.79. The number of urea groups is 1. The molecule has 1 saturated carbocycles. The number of aromatic amines is 1. The second kappa shape index (κ2) is 4.67. The SMILES string of the molecule is CN(Cc1cn[nH]c1)C(=O)NCC1(C(=O)O)CC1. The zero-order valence-corrected chi connectivity index (χ0v) is 10.1. The first-order valence-corrected chi connectivity index (χ1v) is 5.73. The van der Waals surface area contributed by atoms with Crippen LogP contribution in [0.1, 0.15) is 18.4 Å². The molecule has 0 aliphatic heterocycles. The van der Waals surface area contributed by atoms with Crippen LogP contribution in [0.25, 0.3) is 0 Å². The molecule has 1 heterocycles. The number of hydrogen-bond donors (Lipinski definition) is 3. The van der Waals surface area contributed by atoms with Crippen molar-refractivity contribution >= 4 is 12.0 Å². The first-order valence-electron chi connectivity index (χ1n) is 5.73. The third kappa shape index (κ3) is 2.61. The number of carbonyl (C=O) groups is 2. The largest absolute Gasteiger partial charge is 0.481 e. The molecule has 98 valence electrons. The molecule has 7 heteroatoms. The maximum atomic E-state index is 11.8. The average Bonchev–Trinajstić information content (AvgIpc) is 2.97. The highest BCUT2D eigenvalue weighted by Crippen LogP contribution is 2.45. The van der Waals surface area contributed by atoms with Gasteiger partial charge >= 0.3 is 12.0 Å². The van der Waals surface area contributed by atoms with Crippen molar-refractivity contribution in [1.29, 1.82) is 0 Å². The molecule has 1 aliphatic carbocycles. The van der Waals surface area contributed by atoms with Crippen molar-refractivity contribution in [2.24, 2.45) is 5.41 Å². The molecule has 1 fully saturated rings. The van der Waals surface area contributed by atoms with Crippen molar-refractivity contribution in [3.8, 4) is 0 Å². The summed E-state index contributed by atoms with van der Waals surface area (Å²) in [5, 5.41) is 18.1. The van der Waals surface area contributed by atoms with Crippen molar-refractivity contribution in [3.63, 3.8) is 0 Å². The number of H-pyrrole nitrogens is 1. The van der Waals surface area contributed by atoms with E-state index in [9.17, 15) is 9.59 Å². The van der Waals surface area contributed by atoms with Gasteiger partial charge in [-0.2, -0.15) is 5.10 Å². The molecule has 0 spiro atoms. The summed E-state index contributed by atoms with van der Waals surface area (Å²) in [6.07, 6.45) is 4.62. The molecule has 0 unspecified atom stereocenters. The lowest BCUT2D eigenvalue weighted by Gasteiger charge is -2.18. The van der Waals surface area contributed by atoms with Gasteiger partial charge in [-0.1, -0.05) is 0 Å². The van der Waals surface area contributed by atoms with Gasteiger partial charge in [-0.3, -0.25) is 9.89 Å². The van der Waals surface area contributed by atoms with Gasteiger partial charge in [0.05, 0.1) is 18.2 Å². The zero-order valence-electron chi connectivity index (χ0n) is 10.1. The normalized spacial score (nSPS) is 16.1. The van der Waals surface area contributed by atoms with Gasteiger partial charge in [0.2, 0.25) is 0 Å². The van der Waals surface area contributed by atoms with Crippen LogP contribution in [0, 0.1) is 5.41 Å². The first-order chi connectivity index (χ1) is 8.53. The number of aromatic nitrogens is 2. The van der Waals surface area contributed by atoms with Crippen molar-refractivity contribution in [2.75, 3.05) is 13.6 Å². The minimum Gasteiger partial charge on any atom is -0.481 e. The lowest BCUT2D eigenvalue weighted by atomic mass is 10.1. The molecule has 0 aromatic carbocycles. The van der Waals surface area contributed by atoms with Gasteiger partial charge in [0.25, 0.3) is 0 Å². The molecule has 2 amide bonds. The third-order valence-corrected chi connectivity index (χ3v) is 3.21. The van der Waals surface area contributed by atoms with Crippen LogP contribution in [0.2, 0.25) is 0 Å². The van der Waals surface area contributed by atoms with Gasteiger partial charge in [0.15, 0.2) is 0 Å². The Kier molecular flexibility index (Phi) is 3.22. The predicted molar refractivity (Wildman–Crippen MR) is 62.8 cm³/mol. The number of carboxylic acid groups (broad SMARTS) is 1. The highest BCUT2D eigenvalue weighted by molar-refractivity contribution is 5.80. The number of hydrogen-bond acceptors (Lipinski definition) is 3. The number of carboxylic acids is 1. The van der Waals surface area contributed by atoms with Crippen molar-refractivity contribution in [3.05, 3.63) is 18.0 Å². The summed E-state index contributed by atoms with van der Waals surface area (Å²) in [5.41, 5.74) is 0.165. The molecule has 0 radical (unpaired) electrons. The monoisotopic (exact) mass is 252 g/mol. The van der Waals surface area contributed by atoms with E-state index in [1.54, 1.807) is 19.4 Å². The van der Waals surface area contributed by atoms with Crippen LogP contribution in [-0.4, -0.2) is 45.8 Å². The topological polar surface area (TPSA) is 98.3 Å². The third-order valence-electron chi connectivity index (χ3n) is 3.21. The van der Waals surface area contributed by atoms with Crippen LogP contribution in [0.15, 0.2) is 12.4 Å². The standard InChI is InChI=1S/C11H16N4O3/c1-15(6-8-4-13-14-5-8)10(18)12-7-11(2-3-11)9(16)17/h4-5H,2-3,6-7H2,1H3,(H,12,18)(H,13,14)(H,16,17). The maximum Gasteiger partial charge on any atom is 0.317 e. The summed E-state index contributed by atoms with van der Waals surface area (Å²) >= 11 is 0. The van der Waals surface area contributed by atoms with E-state index < -0.39 is 11.4 Å². The maximum absolute atomic E-state index is 11.8. The molecule has 0 bridgehead atoms. The second-order valence-corrected chi connectivity index (χ2v) is 4.71. The van der Waals surface area contributed by atoms with E-state index in [0.29, 0.717) is 19.4 Å². The Bertz CT molecular complexity index is 439. The fraction of sp³-hybridized carbons (Fsp3) is 0.545.